The molecule has 0 radical (unpaired) electrons. The van der Waals surface area contributed by atoms with E-state index in [0.29, 0.717) is 11.7 Å². The smallest absolute Gasteiger partial charge is 0.145 e. The van der Waals surface area contributed by atoms with Gasteiger partial charge in [0.25, 0.3) is 0 Å². The molecule has 0 spiro atoms. The molecule has 1 aromatic heterocycles. The van der Waals surface area contributed by atoms with Gasteiger partial charge in [-0.1, -0.05) is 31.5 Å². The zero-order chi connectivity index (χ0) is 12.3. The van der Waals surface area contributed by atoms with Crippen molar-refractivity contribution in [3.8, 4) is 11.5 Å². The Morgan fingerprint density at radius 2 is 2.00 bits per heavy atom. The summed E-state index contributed by atoms with van der Waals surface area (Å²) in [7, 11) is 0. The van der Waals surface area contributed by atoms with Crippen molar-refractivity contribution in [3.05, 3.63) is 53.3 Å². The van der Waals surface area contributed by atoms with Crippen molar-refractivity contribution in [1.29, 1.82) is 0 Å². The fraction of sp³-hybridized carbons (Fsp3) is 0.214. The van der Waals surface area contributed by atoms with Crippen LogP contribution in [0.4, 0.5) is 0 Å². The van der Waals surface area contributed by atoms with Gasteiger partial charge in [-0.3, -0.25) is 4.98 Å². The van der Waals surface area contributed by atoms with Gasteiger partial charge in [0.15, 0.2) is 0 Å². The highest BCUT2D eigenvalue weighted by atomic mass is 35.5. The second kappa shape index (κ2) is 5.19. The first-order valence-electron chi connectivity index (χ1n) is 5.54. The van der Waals surface area contributed by atoms with E-state index < -0.39 is 0 Å². The predicted octanol–water partition coefficient (Wildman–Crippen LogP) is 4.65. The molecule has 0 amide bonds. The maximum Gasteiger partial charge on any atom is 0.145 e. The molecule has 17 heavy (non-hydrogen) atoms. The minimum absolute atomic E-state index is 0.412. The first kappa shape index (κ1) is 11.9. The van der Waals surface area contributed by atoms with Gasteiger partial charge < -0.3 is 4.74 Å². The Balaban J connectivity index is 2.21. The van der Waals surface area contributed by atoms with E-state index >= 15 is 0 Å². The Hall–Kier alpha value is -1.54. The van der Waals surface area contributed by atoms with Gasteiger partial charge in [0.2, 0.25) is 0 Å². The minimum atomic E-state index is 0.412. The lowest BCUT2D eigenvalue weighted by Gasteiger charge is -2.10. The highest BCUT2D eigenvalue weighted by molar-refractivity contribution is 6.31. The van der Waals surface area contributed by atoms with Crippen LogP contribution in [0.15, 0.2) is 42.7 Å². The van der Waals surface area contributed by atoms with Crippen LogP contribution in [0.2, 0.25) is 5.02 Å². The summed E-state index contributed by atoms with van der Waals surface area (Å²) in [4.78, 5) is 3.99. The summed E-state index contributed by atoms with van der Waals surface area (Å²) < 4.78 is 5.65. The van der Waals surface area contributed by atoms with Gasteiger partial charge >= 0.3 is 0 Å². The molecular weight excluding hydrogens is 234 g/mol. The largest absolute Gasteiger partial charge is 0.456 e. The molecule has 0 aliphatic heterocycles. The maximum atomic E-state index is 6.19. The molecule has 2 rings (SSSR count). The second-order valence-corrected chi connectivity index (χ2v) is 4.54. The van der Waals surface area contributed by atoms with Crippen LogP contribution in [-0.2, 0) is 0 Å². The van der Waals surface area contributed by atoms with Crippen LogP contribution in [0, 0.1) is 0 Å². The molecule has 1 aromatic carbocycles. The molecule has 0 bridgehead atoms. The number of ether oxygens (including phenoxy) is 1. The first-order valence-corrected chi connectivity index (χ1v) is 5.92. The fourth-order valence-corrected chi connectivity index (χ4v) is 1.97. The summed E-state index contributed by atoms with van der Waals surface area (Å²) in [5.41, 5.74) is 1.13. The highest BCUT2D eigenvalue weighted by Crippen LogP contribution is 2.30. The van der Waals surface area contributed by atoms with Crippen molar-refractivity contribution in [3.63, 3.8) is 0 Å². The molecular formula is C14H14ClNO. The zero-order valence-corrected chi connectivity index (χ0v) is 10.6. The van der Waals surface area contributed by atoms with Crippen molar-refractivity contribution in [2.45, 2.75) is 19.8 Å². The van der Waals surface area contributed by atoms with Crippen LogP contribution in [0.5, 0.6) is 11.5 Å². The second-order valence-electron chi connectivity index (χ2n) is 4.13. The van der Waals surface area contributed by atoms with Crippen molar-refractivity contribution in [2.75, 3.05) is 0 Å². The Bertz CT molecular complexity index is 497. The van der Waals surface area contributed by atoms with Crippen LogP contribution < -0.4 is 4.74 Å². The third kappa shape index (κ3) is 2.98. The van der Waals surface area contributed by atoms with Gasteiger partial charge in [-0.15, -0.1) is 0 Å². The predicted molar refractivity (Wildman–Crippen MR) is 69.9 cm³/mol. The number of hydrogen-bond acceptors (Lipinski definition) is 2. The van der Waals surface area contributed by atoms with Gasteiger partial charge in [-0.05, 0) is 35.7 Å². The van der Waals surface area contributed by atoms with E-state index in [1.165, 1.54) is 0 Å². The SMILES string of the molecule is CC(C)c1ccc(Oc2cccnc2)cc1Cl. The number of pyridine rings is 1. The number of rotatable bonds is 3. The lowest BCUT2D eigenvalue weighted by Crippen LogP contribution is -1.90. The highest BCUT2D eigenvalue weighted by Gasteiger charge is 2.06. The molecule has 2 nitrogen and oxygen atoms in total. The van der Waals surface area contributed by atoms with Gasteiger partial charge in [0, 0.05) is 11.2 Å². The van der Waals surface area contributed by atoms with Crippen molar-refractivity contribution < 1.29 is 4.74 Å². The van der Waals surface area contributed by atoms with Gasteiger partial charge in [0.05, 0.1) is 6.20 Å². The van der Waals surface area contributed by atoms with E-state index in [1.807, 2.05) is 30.3 Å². The molecule has 0 atom stereocenters. The molecule has 0 saturated heterocycles. The topological polar surface area (TPSA) is 22.1 Å². The first-order chi connectivity index (χ1) is 8.16. The van der Waals surface area contributed by atoms with Gasteiger partial charge in [-0.2, -0.15) is 0 Å². The standard InChI is InChI=1S/C14H14ClNO/c1-10(2)13-6-5-11(8-14(13)15)17-12-4-3-7-16-9-12/h3-10H,1-2H3. The summed E-state index contributed by atoms with van der Waals surface area (Å²) in [6.07, 6.45) is 3.38. The van der Waals surface area contributed by atoms with Crippen molar-refractivity contribution in [1.82, 2.24) is 4.98 Å². The van der Waals surface area contributed by atoms with Crippen LogP contribution in [0.3, 0.4) is 0 Å². The van der Waals surface area contributed by atoms with E-state index in [9.17, 15) is 0 Å². The summed E-state index contributed by atoms with van der Waals surface area (Å²) >= 11 is 6.19. The molecule has 0 fully saturated rings. The van der Waals surface area contributed by atoms with E-state index in [-0.39, 0.29) is 0 Å². The molecule has 0 unspecified atom stereocenters. The molecule has 88 valence electrons. The van der Waals surface area contributed by atoms with E-state index in [0.717, 1.165) is 16.3 Å². The molecule has 0 aliphatic rings. The fourth-order valence-electron chi connectivity index (χ4n) is 1.58. The number of benzene rings is 1. The molecule has 2 aromatic rings. The quantitative estimate of drug-likeness (QED) is 0.788. The number of nitrogens with zero attached hydrogens (tertiary/aromatic N) is 1. The molecule has 1 heterocycles. The van der Waals surface area contributed by atoms with Crippen LogP contribution >= 0.6 is 11.6 Å². The number of hydrogen-bond donors (Lipinski definition) is 0. The Morgan fingerprint density at radius 3 is 2.59 bits per heavy atom. The molecule has 0 N–H and O–H groups in total. The van der Waals surface area contributed by atoms with Crippen molar-refractivity contribution in [2.24, 2.45) is 0 Å². The van der Waals surface area contributed by atoms with Crippen LogP contribution in [0.25, 0.3) is 0 Å². The van der Waals surface area contributed by atoms with Gasteiger partial charge in [-0.25, -0.2) is 0 Å². The number of aromatic nitrogens is 1. The summed E-state index contributed by atoms with van der Waals surface area (Å²) in [5, 5.41) is 0.737. The zero-order valence-electron chi connectivity index (χ0n) is 9.85. The van der Waals surface area contributed by atoms with E-state index in [4.69, 9.17) is 16.3 Å². The van der Waals surface area contributed by atoms with Crippen molar-refractivity contribution >= 4 is 11.6 Å². The average molecular weight is 248 g/mol. The molecule has 0 aliphatic carbocycles. The third-order valence-corrected chi connectivity index (χ3v) is 2.79. The number of halogens is 1. The van der Waals surface area contributed by atoms with E-state index in [2.05, 4.69) is 18.8 Å². The molecule has 0 saturated carbocycles. The monoisotopic (exact) mass is 247 g/mol. The summed E-state index contributed by atoms with van der Waals surface area (Å²) in [5.74, 6) is 1.85. The summed E-state index contributed by atoms with van der Waals surface area (Å²) in [6, 6.07) is 9.45. The van der Waals surface area contributed by atoms with Crippen LogP contribution in [0.1, 0.15) is 25.3 Å². The maximum absolute atomic E-state index is 6.19. The van der Waals surface area contributed by atoms with Gasteiger partial charge in [0.1, 0.15) is 11.5 Å². The lowest BCUT2D eigenvalue weighted by molar-refractivity contribution is 0.480. The normalized spacial score (nSPS) is 10.6. The Labute approximate surface area is 106 Å². The summed E-state index contributed by atoms with van der Waals surface area (Å²) in [6.45, 7) is 4.23. The Kier molecular flexibility index (Phi) is 3.64. The average Bonchev–Trinajstić information content (AvgIpc) is 2.30. The van der Waals surface area contributed by atoms with Crippen LogP contribution in [-0.4, -0.2) is 4.98 Å². The Morgan fingerprint density at radius 1 is 1.18 bits per heavy atom. The third-order valence-electron chi connectivity index (χ3n) is 2.46. The van der Waals surface area contributed by atoms with E-state index in [1.54, 1.807) is 12.4 Å². The lowest BCUT2D eigenvalue weighted by atomic mass is 10.0. The minimum Gasteiger partial charge on any atom is -0.456 e. The molecule has 3 heteroatoms.